The molecule has 0 aliphatic carbocycles. The largest absolute Gasteiger partial charge is 0.355 e. The van der Waals surface area contributed by atoms with Gasteiger partial charge in [-0.15, -0.1) is 0 Å². The lowest BCUT2D eigenvalue weighted by molar-refractivity contribution is 0.0748. The van der Waals surface area contributed by atoms with Crippen molar-refractivity contribution in [2.45, 2.75) is 12.8 Å². The Morgan fingerprint density at radius 2 is 1.83 bits per heavy atom. The maximum absolute atomic E-state index is 12.7. The molecule has 0 spiro atoms. The average molecular weight is 346 g/mol. The van der Waals surface area contributed by atoms with Crippen LogP contribution in [-0.2, 0) is 0 Å². The van der Waals surface area contributed by atoms with E-state index in [1.807, 2.05) is 17.0 Å². The van der Waals surface area contributed by atoms with Crippen molar-refractivity contribution in [3.63, 3.8) is 0 Å². The normalized spacial score (nSPS) is 23.8. The Balaban J connectivity index is 1.47. The van der Waals surface area contributed by atoms with Crippen LogP contribution in [0.5, 0.6) is 0 Å². The first-order valence-corrected chi connectivity index (χ1v) is 8.81. The summed E-state index contributed by atoms with van der Waals surface area (Å²) in [5.74, 6) is 1.95. The van der Waals surface area contributed by atoms with Gasteiger partial charge in [-0.1, -0.05) is 16.8 Å². The Kier molecular flexibility index (Phi) is 4.29. The average Bonchev–Trinajstić information content (AvgIpc) is 3.21. The predicted octanol–water partition coefficient (Wildman–Crippen LogP) is 3.07. The van der Waals surface area contributed by atoms with Crippen molar-refractivity contribution in [2.24, 2.45) is 11.8 Å². The monoisotopic (exact) mass is 345 g/mol. The van der Waals surface area contributed by atoms with E-state index in [1.165, 1.54) is 0 Å². The third-order valence-corrected chi connectivity index (χ3v) is 5.42. The number of halogens is 1. The molecule has 2 fully saturated rings. The molecule has 0 saturated carbocycles. The summed E-state index contributed by atoms with van der Waals surface area (Å²) in [6.07, 6.45) is 2.12. The molecular formula is C18H20ClN3O2. The Hall–Kier alpha value is -1.85. The number of likely N-dealkylation sites (tertiary alicyclic amines) is 1. The van der Waals surface area contributed by atoms with Crippen LogP contribution >= 0.6 is 11.6 Å². The summed E-state index contributed by atoms with van der Waals surface area (Å²) in [7, 11) is 0. The van der Waals surface area contributed by atoms with Gasteiger partial charge >= 0.3 is 0 Å². The maximum atomic E-state index is 12.7. The molecule has 0 unspecified atom stereocenters. The summed E-state index contributed by atoms with van der Waals surface area (Å²) in [5.41, 5.74) is 1.24. The van der Waals surface area contributed by atoms with Crippen molar-refractivity contribution in [3.8, 4) is 11.3 Å². The summed E-state index contributed by atoms with van der Waals surface area (Å²) in [4.78, 5) is 14.7. The minimum atomic E-state index is -0.0353. The minimum Gasteiger partial charge on any atom is -0.355 e. The van der Waals surface area contributed by atoms with Gasteiger partial charge in [-0.3, -0.25) is 4.79 Å². The number of rotatable bonds is 2. The highest BCUT2D eigenvalue weighted by Gasteiger charge is 2.32. The van der Waals surface area contributed by atoms with Crippen LogP contribution in [0.15, 0.2) is 34.9 Å². The Morgan fingerprint density at radius 3 is 2.50 bits per heavy atom. The molecule has 1 amide bonds. The minimum absolute atomic E-state index is 0.0353. The Morgan fingerprint density at radius 1 is 1.17 bits per heavy atom. The number of nitrogens with one attached hydrogen (secondary N) is 1. The zero-order valence-electron chi connectivity index (χ0n) is 13.4. The van der Waals surface area contributed by atoms with Gasteiger partial charge in [-0.05, 0) is 62.0 Å². The van der Waals surface area contributed by atoms with Gasteiger partial charge in [-0.2, -0.15) is 0 Å². The number of benzene rings is 1. The lowest BCUT2D eigenvalue weighted by Crippen LogP contribution is -2.32. The fourth-order valence-electron chi connectivity index (χ4n) is 3.71. The van der Waals surface area contributed by atoms with Gasteiger partial charge in [0.25, 0.3) is 5.91 Å². The molecule has 1 aromatic heterocycles. The smallest absolute Gasteiger partial charge is 0.276 e. The molecule has 6 heteroatoms. The van der Waals surface area contributed by atoms with E-state index in [9.17, 15) is 4.79 Å². The molecule has 2 aliphatic heterocycles. The second-order valence-electron chi connectivity index (χ2n) is 6.63. The Labute approximate surface area is 146 Å². The van der Waals surface area contributed by atoms with Crippen molar-refractivity contribution in [3.05, 3.63) is 41.0 Å². The van der Waals surface area contributed by atoms with Crippen molar-refractivity contribution >= 4 is 17.5 Å². The molecule has 0 bridgehead atoms. The molecule has 126 valence electrons. The predicted molar refractivity (Wildman–Crippen MR) is 91.9 cm³/mol. The van der Waals surface area contributed by atoms with Crippen LogP contribution in [0.25, 0.3) is 11.3 Å². The molecule has 24 heavy (non-hydrogen) atoms. The molecule has 2 saturated heterocycles. The zero-order chi connectivity index (χ0) is 16.5. The quantitative estimate of drug-likeness (QED) is 0.908. The van der Waals surface area contributed by atoms with Crippen LogP contribution in [0.3, 0.4) is 0 Å². The lowest BCUT2D eigenvalue weighted by atomic mass is 9.92. The van der Waals surface area contributed by atoms with E-state index in [0.29, 0.717) is 28.3 Å². The van der Waals surface area contributed by atoms with E-state index >= 15 is 0 Å². The molecule has 0 radical (unpaired) electrons. The van der Waals surface area contributed by atoms with Crippen LogP contribution in [0.1, 0.15) is 23.3 Å². The number of aromatic nitrogens is 1. The molecule has 2 atom stereocenters. The highest BCUT2D eigenvalue weighted by Crippen LogP contribution is 2.28. The first-order valence-electron chi connectivity index (χ1n) is 8.43. The van der Waals surface area contributed by atoms with Gasteiger partial charge in [0.1, 0.15) is 0 Å². The van der Waals surface area contributed by atoms with Crippen LogP contribution < -0.4 is 5.32 Å². The summed E-state index contributed by atoms with van der Waals surface area (Å²) in [6.45, 7) is 3.75. The second-order valence-corrected chi connectivity index (χ2v) is 7.07. The molecule has 4 rings (SSSR count). The van der Waals surface area contributed by atoms with Gasteiger partial charge in [-0.25, -0.2) is 0 Å². The molecule has 2 aliphatic rings. The number of fused-ring (bicyclic) bond motifs is 1. The van der Waals surface area contributed by atoms with Crippen molar-refractivity contribution < 1.29 is 9.32 Å². The topological polar surface area (TPSA) is 58.4 Å². The summed E-state index contributed by atoms with van der Waals surface area (Å²) >= 11 is 5.90. The van der Waals surface area contributed by atoms with Crippen molar-refractivity contribution in [1.29, 1.82) is 0 Å². The lowest BCUT2D eigenvalue weighted by Gasteiger charge is -2.19. The number of hydrogen-bond donors (Lipinski definition) is 1. The molecule has 5 nitrogen and oxygen atoms in total. The molecule has 1 aromatic carbocycles. The fourth-order valence-corrected chi connectivity index (χ4v) is 3.84. The fraction of sp³-hybridized carbons (Fsp3) is 0.444. The molecule has 2 aromatic rings. The van der Waals surface area contributed by atoms with E-state index < -0.39 is 0 Å². The van der Waals surface area contributed by atoms with E-state index in [4.69, 9.17) is 16.1 Å². The number of hydrogen-bond acceptors (Lipinski definition) is 4. The van der Waals surface area contributed by atoms with Crippen molar-refractivity contribution in [2.75, 3.05) is 26.2 Å². The number of amides is 1. The van der Waals surface area contributed by atoms with Gasteiger partial charge in [0.05, 0.1) is 0 Å². The second kappa shape index (κ2) is 6.57. The summed E-state index contributed by atoms with van der Waals surface area (Å²) < 4.78 is 5.36. The van der Waals surface area contributed by atoms with Gasteiger partial charge in [0, 0.05) is 29.7 Å². The van der Waals surface area contributed by atoms with Crippen LogP contribution in [-0.4, -0.2) is 42.1 Å². The van der Waals surface area contributed by atoms with E-state index in [1.54, 1.807) is 18.2 Å². The molecular weight excluding hydrogens is 326 g/mol. The Bertz CT molecular complexity index is 714. The molecule has 1 N–H and O–H groups in total. The summed E-state index contributed by atoms with van der Waals surface area (Å²) in [6, 6.07) is 9.03. The third-order valence-electron chi connectivity index (χ3n) is 5.16. The molecule has 3 heterocycles. The van der Waals surface area contributed by atoms with E-state index in [0.717, 1.165) is 44.6 Å². The highest BCUT2D eigenvalue weighted by atomic mass is 35.5. The standard InChI is InChI=1S/C18H20ClN3O2/c19-15-3-1-12(2-4-15)17-9-16(21-24-17)18(23)22-7-5-13-10-20-11-14(13)6-8-22/h1-4,9,13-14,20H,5-8,10-11H2/t13-,14+. The van der Waals surface area contributed by atoms with Crippen LogP contribution in [0.4, 0.5) is 0 Å². The van der Waals surface area contributed by atoms with Gasteiger partial charge in [0.15, 0.2) is 11.5 Å². The number of nitrogens with zero attached hydrogens (tertiary/aromatic N) is 2. The maximum Gasteiger partial charge on any atom is 0.276 e. The zero-order valence-corrected chi connectivity index (χ0v) is 14.1. The van der Waals surface area contributed by atoms with Gasteiger partial charge < -0.3 is 14.7 Å². The van der Waals surface area contributed by atoms with Gasteiger partial charge in [0.2, 0.25) is 0 Å². The summed E-state index contributed by atoms with van der Waals surface area (Å²) in [5, 5.41) is 8.10. The SMILES string of the molecule is O=C(c1cc(-c2ccc(Cl)cc2)on1)N1CC[C@@H]2CNC[C@@H]2CC1. The van der Waals surface area contributed by atoms with E-state index in [-0.39, 0.29) is 5.91 Å². The van der Waals surface area contributed by atoms with Crippen molar-refractivity contribution in [1.82, 2.24) is 15.4 Å². The highest BCUT2D eigenvalue weighted by molar-refractivity contribution is 6.30. The van der Waals surface area contributed by atoms with Crippen LogP contribution in [0.2, 0.25) is 5.02 Å². The third kappa shape index (κ3) is 3.06. The van der Waals surface area contributed by atoms with Crippen LogP contribution in [0, 0.1) is 11.8 Å². The first kappa shape index (κ1) is 15.7. The number of carbonyl (C=O) groups is 1. The number of carbonyl (C=O) groups excluding carboxylic acids is 1. The first-order chi connectivity index (χ1) is 11.7. The van der Waals surface area contributed by atoms with E-state index in [2.05, 4.69) is 10.5 Å².